The molecule has 0 spiro atoms. The van der Waals surface area contributed by atoms with E-state index in [1.54, 1.807) is 12.1 Å². The molecule has 1 aliphatic rings. The van der Waals surface area contributed by atoms with Gasteiger partial charge < -0.3 is 10.3 Å². The van der Waals surface area contributed by atoms with Gasteiger partial charge in [0.05, 0.1) is 5.02 Å². The van der Waals surface area contributed by atoms with Crippen molar-refractivity contribution in [3.05, 3.63) is 34.9 Å². The molecular formula is C15H17ClFN3. The molecule has 1 saturated carbocycles. The molecule has 106 valence electrons. The van der Waals surface area contributed by atoms with Crippen molar-refractivity contribution in [2.75, 3.05) is 5.73 Å². The zero-order valence-corrected chi connectivity index (χ0v) is 12.1. The van der Waals surface area contributed by atoms with Crippen molar-refractivity contribution in [1.82, 2.24) is 9.55 Å². The van der Waals surface area contributed by atoms with E-state index in [1.165, 1.54) is 18.9 Å². The van der Waals surface area contributed by atoms with E-state index >= 15 is 0 Å². The molecule has 1 fully saturated rings. The highest BCUT2D eigenvalue weighted by molar-refractivity contribution is 6.31. The predicted molar refractivity (Wildman–Crippen MR) is 79.3 cm³/mol. The fourth-order valence-corrected chi connectivity index (χ4v) is 2.63. The van der Waals surface area contributed by atoms with Gasteiger partial charge >= 0.3 is 0 Å². The molecule has 3 rings (SSSR count). The van der Waals surface area contributed by atoms with Gasteiger partial charge in [-0.3, -0.25) is 0 Å². The molecule has 0 unspecified atom stereocenters. The number of aromatic nitrogens is 2. The molecule has 0 bridgehead atoms. The van der Waals surface area contributed by atoms with Gasteiger partial charge in [0.15, 0.2) is 0 Å². The van der Waals surface area contributed by atoms with Crippen LogP contribution in [0, 0.1) is 5.82 Å². The summed E-state index contributed by atoms with van der Waals surface area (Å²) in [5.74, 6) is 1.80. The summed E-state index contributed by atoms with van der Waals surface area (Å²) < 4.78 is 15.4. The van der Waals surface area contributed by atoms with Gasteiger partial charge in [-0.1, -0.05) is 18.5 Å². The molecule has 1 aromatic carbocycles. The fraction of sp³-hybridized carbons (Fsp3) is 0.400. The second-order valence-electron chi connectivity index (χ2n) is 5.26. The van der Waals surface area contributed by atoms with Gasteiger partial charge in [-0.25, -0.2) is 9.37 Å². The first-order chi connectivity index (χ1) is 9.61. The van der Waals surface area contributed by atoms with Crippen molar-refractivity contribution in [2.45, 2.75) is 38.6 Å². The van der Waals surface area contributed by atoms with Crippen LogP contribution in [0.1, 0.15) is 37.9 Å². The normalized spacial score (nSPS) is 14.8. The Labute approximate surface area is 122 Å². The molecule has 1 aromatic heterocycles. The quantitative estimate of drug-likeness (QED) is 0.917. The maximum Gasteiger partial charge on any atom is 0.141 e. The van der Waals surface area contributed by atoms with Crippen molar-refractivity contribution >= 4 is 17.4 Å². The predicted octanol–water partition coefficient (Wildman–Crippen LogP) is 4.21. The summed E-state index contributed by atoms with van der Waals surface area (Å²) in [6.07, 6.45) is 3.34. The standard InChI is InChI=1S/C15H17ClFN3/c1-2-7-20-14(18)13(19-15(20)9-3-4-9)10-5-6-12(17)11(16)8-10/h5-6,8-9H,2-4,7,18H2,1H3. The number of nitrogens with two attached hydrogens (primary N) is 1. The molecule has 2 aromatic rings. The molecule has 1 heterocycles. The van der Waals surface area contributed by atoms with E-state index in [4.69, 9.17) is 17.3 Å². The molecule has 3 nitrogen and oxygen atoms in total. The molecule has 1 aliphatic carbocycles. The van der Waals surface area contributed by atoms with Crippen molar-refractivity contribution in [2.24, 2.45) is 0 Å². The number of rotatable bonds is 4. The van der Waals surface area contributed by atoms with Crippen LogP contribution in [0.2, 0.25) is 5.02 Å². The van der Waals surface area contributed by atoms with Gasteiger partial charge in [0, 0.05) is 18.0 Å². The van der Waals surface area contributed by atoms with Gasteiger partial charge in [0.2, 0.25) is 0 Å². The third-order valence-corrected chi connectivity index (χ3v) is 3.91. The lowest BCUT2D eigenvalue weighted by Gasteiger charge is -2.07. The number of nitrogens with zero attached hydrogens (tertiary/aromatic N) is 2. The lowest BCUT2D eigenvalue weighted by atomic mass is 10.1. The van der Waals surface area contributed by atoms with E-state index in [9.17, 15) is 4.39 Å². The third kappa shape index (κ3) is 2.29. The molecule has 0 amide bonds. The van der Waals surface area contributed by atoms with E-state index in [1.807, 2.05) is 0 Å². The Bertz CT molecular complexity index is 647. The molecule has 0 atom stereocenters. The summed E-state index contributed by atoms with van der Waals surface area (Å²) in [5.41, 5.74) is 7.72. The maximum absolute atomic E-state index is 13.3. The summed E-state index contributed by atoms with van der Waals surface area (Å²) in [7, 11) is 0. The Balaban J connectivity index is 2.08. The second-order valence-corrected chi connectivity index (χ2v) is 5.67. The minimum atomic E-state index is -0.426. The fourth-order valence-electron chi connectivity index (χ4n) is 2.45. The van der Waals surface area contributed by atoms with Crippen LogP contribution in [-0.4, -0.2) is 9.55 Å². The molecule has 20 heavy (non-hydrogen) atoms. The van der Waals surface area contributed by atoms with E-state index in [2.05, 4.69) is 16.5 Å². The number of hydrogen-bond donors (Lipinski definition) is 1. The van der Waals surface area contributed by atoms with E-state index in [0.717, 1.165) is 24.4 Å². The summed E-state index contributed by atoms with van der Waals surface area (Å²) in [4.78, 5) is 4.69. The largest absolute Gasteiger partial charge is 0.383 e. The number of imidazole rings is 1. The lowest BCUT2D eigenvalue weighted by Crippen LogP contribution is -2.06. The Morgan fingerprint density at radius 3 is 2.80 bits per heavy atom. The molecule has 2 N–H and O–H groups in total. The zero-order chi connectivity index (χ0) is 14.3. The average molecular weight is 294 g/mol. The first kappa shape index (κ1) is 13.4. The van der Waals surface area contributed by atoms with Crippen molar-refractivity contribution < 1.29 is 4.39 Å². The highest BCUT2D eigenvalue weighted by atomic mass is 35.5. The van der Waals surface area contributed by atoms with E-state index in [-0.39, 0.29) is 5.02 Å². The zero-order valence-electron chi connectivity index (χ0n) is 11.4. The first-order valence-electron chi connectivity index (χ1n) is 6.93. The van der Waals surface area contributed by atoms with Crippen molar-refractivity contribution in [1.29, 1.82) is 0 Å². The average Bonchev–Trinajstić information content (AvgIpc) is 3.21. The highest BCUT2D eigenvalue weighted by Gasteiger charge is 2.30. The molecule has 0 aliphatic heterocycles. The summed E-state index contributed by atoms with van der Waals surface area (Å²) in [6, 6.07) is 4.61. The number of nitrogen functional groups attached to an aromatic ring is 1. The monoisotopic (exact) mass is 293 g/mol. The molecule has 0 saturated heterocycles. The molecular weight excluding hydrogens is 277 g/mol. The minimum Gasteiger partial charge on any atom is -0.383 e. The third-order valence-electron chi connectivity index (χ3n) is 3.62. The van der Waals surface area contributed by atoms with Crippen LogP contribution in [0.25, 0.3) is 11.3 Å². The minimum absolute atomic E-state index is 0.0971. The summed E-state index contributed by atoms with van der Waals surface area (Å²) in [5, 5.41) is 0.0971. The van der Waals surface area contributed by atoms with Gasteiger partial charge in [0.25, 0.3) is 0 Å². The molecule has 5 heteroatoms. The van der Waals surface area contributed by atoms with Crippen LogP contribution in [-0.2, 0) is 6.54 Å². The second kappa shape index (κ2) is 5.09. The van der Waals surface area contributed by atoms with Gasteiger partial charge in [0.1, 0.15) is 23.2 Å². The van der Waals surface area contributed by atoms with E-state index in [0.29, 0.717) is 17.4 Å². The number of hydrogen-bond acceptors (Lipinski definition) is 2. The SMILES string of the molecule is CCCn1c(C2CC2)nc(-c2ccc(F)c(Cl)c2)c1N. The maximum atomic E-state index is 13.3. The summed E-state index contributed by atoms with van der Waals surface area (Å²) >= 11 is 5.85. The number of benzene rings is 1. The van der Waals surface area contributed by atoms with E-state index < -0.39 is 5.82 Å². The van der Waals surface area contributed by atoms with Gasteiger partial charge in [-0.05, 0) is 37.5 Å². The first-order valence-corrected chi connectivity index (χ1v) is 7.31. The Hall–Kier alpha value is -1.55. The van der Waals surface area contributed by atoms with Crippen LogP contribution in [0.4, 0.5) is 10.2 Å². The van der Waals surface area contributed by atoms with Crippen LogP contribution >= 0.6 is 11.6 Å². The van der Waals surface area contributed by atoms with Crippen LogP contribution in [0.5, 0.6) is 0 Å². The van der Waals surface area contributed by atoms with Gasteiger partial charge in [-0.15, -0.1) is 0 Å². The van der Waals surface area contributed by atoms with Crippen LogP contribution in [0.3, 0.4) is 0 Å². The Kier molecular flexibility index (Phi) is 3.42. The topological polar surface area (TPSA) is 43.8 Å². The Morgan fingerprint density at radius 1 is 1.45 bits per heavy atom. The lowest BCUT2D eigenvalue weighted by molar-refractivity contribution is 0.628. The highest BCUT2D eigenvalue weighted by Crippen LogP contribution is 2.42. The number of anilines is 1. The molecule has 0 radical (unpaired) electrons. The van der Waals surface area contributed by atoms with Crippen molar-refractivity contribution in [3.8, 4) is 11.3 Å². The number of halogens is 2. The van der Waals surface area contributed by atoms with Crippen molar-refractivity contribution in [3.63, 3.8) is 0 Å². The van der Waals surface area contributed by atoms with Gasteiger partial charge in [-0.2, -0.15) is 0 Å². The van der Waals surface area contributed by atoms with Crippen LogP contribution in [0.15, 0.2) is 18.2 Å². The van der Waals surface area contributed by atoms with Crippen LogP contribution < -0.4 is 5.73 Å². The summed E-state index contributed by atoms with van der Waals surface area (Å²) in [6.45, 7) is 2.98. The Morgan fingerprint density at radius 2 is 2.20 bits per heavy atom. The smallest absolute Gasteiger partial charge is 0.141 e.